The number of halogens is 3. The average Bonchev–Trinajstić information content (AvgIpc) is 3.15. The van der Waals surface area contributed by atoms with E-state index in [1.54, 1.807) is 24.0 Å². The number of alkyl halides is 2. The first-order valence-electron chi connectivity index (χ1n) is 9.25. The molecule has 4 heterocycles. The number of fused-ring (bicyclic) bond motifs is 1. The van der Waals surface area contributed by atoms with E-state index in [1.807, 2.05) is 6.92 Å². The molecule has 3 aromatic heterocycles. The highest BCUT2D eigenvalue weighted by Gasteiger charge is 2.33. The lowest BCUT2D eigenvalue weighted by Gasteiger charge is -2.37. The number of pyridine rings is 1. The van der Waals surface area contributed by atoms with Crippen molar-refractivity contribution in [3.8, 4) is 0 Å². The van der Waals surface area contributed by atoms with E-state index in [4.69, 9.17) is 11.6 Å². The molecule has 0 aromatic carbocycles. The normalized spacial score (nSPS) is 19.9. The first-order valence-corrected chi connectivity index (χ1v) is 9.63. The van der Waals surface area contributed by atoms with Crippen LogP contribution in [0.15, 0.2) is 24.5 Å². The van der Waals surface area contributed by atoms with E-state index in [1.165, 1.54) is 16.9 Å². The van der Waals surface area contributed by atoms with Gasteiger partial charge in [-0.1, -0.05) is 18.5 Å². The Hall–Kier alpha value is -2.68. The molecule has 0 spiro atoms. The summed E-state index contributed by atoms with van der Waals surface area (Å²) in [6.45, 7) is 4.77. The topological polar surface area (TPSA) is 76.3 Å². The zero-order chi connectivity index (χ0) is 20.7. The van der Waals surface area contributed by atoms with Crippen LogP contribution in [0, 0.1) is 12.8 Å². The molecule has 1 saturated heterocycles. The van der Waals surface area contributed by atoms with Crippen molar-refractivity contribution in [2.24, 2.45) is 5.92 Å². The average molecular weight is 421 g/mol. The number of hydrogen-bond acceptors (Lipinski definition) is 5. The molecule has 1 fully saturated rings. The first-order chi connectivity index (χ1) is 13.8. The maximum Gasteiger partial charge on any atom is 0.280 e. The maximum atomic E-state index is 13.3. The summed E-state index contributed by atoms with van der Waals surface area (Å²) in [4.78, 5) is 26.7. The minimum absolute atomic E-state index is 0.130. The summed E-state index contributed by atoms with van der Waals surface area (Å²) in [6, 6.07) is 4.61. The standard InChI is InChI=1S/C19H19ClF2N6O/c1-10-3-4-27(18(29)12-5-11(2)25-16(20)6-12)8-13(10)15-7-14(17(21)22)26-19-23-9-24-28(15)19/h5-7,9-10,13,17H,3-4,8H2,1-2H3/t10?,13-/m1/s1. The van der Waals surface area contributed by atoms with E-state index in [9.17, 15) is 13.6 Å². The molecule has 0 radical (unpaired) electrons. The third-order valence-electron chi connectivity index (χ3n) is 5.32. The molecule has 3 aromatic rings. The van der Waals surface area contributed by atoms with E-state index in [0.29, 0.717) is 30.0 Å². The molecule has 7 nitrogen and oxygen atoms in total. The molecule has 0 N–H and O–H groups in total. The lowest BCUT2D eigenvalue weighted by atomic mass is 9.84. The van der Waals surface area contributed by atoms with Crippen LogP contribution in [0.25, 0.3) is 5.78 Å². The van der Waals surface area contributed by atoms with E-state index < -0.39 is 6.43 Å². The Balaban J connectivity index is 1.69. The Morgan fingerprint density at radius 2 is 2.07 bits per heavy atom. The van der Waals surface area contributed by atoms with E-state index in [-0.39, 0.29) is 34.4 Å². The molecule has 1 amide bonds. The Morgan fingerprint density at radius 3 is 2.79 bits per heavy atom. The number of hydrogen-bond donors (Lipinski definition) is 0. The maximum absolute atomic E-state index is 13.3. The summed E-state index contributed by atoms with van der Waals surface area (Å²) in [6.07, 6.45) is -0.690. The Labute approximate surface area is 170 Å². The number of aromatic nitrogens is 5. The molecule has 1 aliphatic rings. The molecule has 29 heavy (non-hydrogen) atoms. The van der Waals surface area contributed by atoms with Gasteiger partial charge in [-0.2, -0.15) is 10.1 Å². The number of likely N-dealkylation sites (tertiary alicyclic amines) is 1. The monoisotopic (exact) mass is 420 g/mol. The van der Waals surface area contributed by atoms with Crippen LogP contribution in [0.5, 0.6) is 0 Å². The van der Waals surface area contributed by atoms with Crippen LogP contribution in [0.1, 0.15) is 53.1 Å². The zero-order valence-electron chi connectivity index (χ0n) is 15.9. The summed E-state index contributed by atoms with van der Waals surface area (Å²) < 4.78 is 28.2. The van der Waals surface area contributed by atoms with Crippen molar-refractivity contribution in [1.82, 2.24) is 29.5 Å². The van der Waals surface area contributed by atoms with E-state index in [2.05, 4.69) is 20.1 Å². The highest BCUT2D eigenvalue weighted by Crippen LogP contribution is 2.34. The van der Waals surface area contributed by atoms with Crippen molar-refractivity contribution in [2.45, 2.75) is 32.6 Å². The molecule has 0 aliphatic carbocycles. The zero-order valence-corrected chi connectivity index (χ0v) is 16.6. The molecule has 2 atom stereocenters. The fraction of sp³-hybridized carbons (Fsp3) is 0.421. The highest BCUT2D eigenvalue weighted by atomic mass is 35.5. The van der Waals surface area contributed by atoms with Gasteiger partial charge in [-0.3, -0.25) is 4.79 Å². The van der Waals surface area contributed by atoms with Gasteiger partial charge >= 0.3 is 0 Å². The van der Waals surface area contributed by atoms with Crippen molar-refractivity contribution in [2.75, 3.05) is 13.1 Å². The number of amides is 1. The third kappa shape index (κ3) is 3.78. The summed E-state index contributed by atoms with van der Waals surface area (Å²) in [5.74, 6) is -0.0461. The summed E-state index contributed by atoms with van der Waals surface area (Å²) >= 11 is 6.00. The molecular weight excluding hydrogens is 402 g/mol. The van der Waals surface area contributed by atoms with Gasteiger partial charge in [-0.05, 0) is 37.5 Å². The SMILES string of the molecule is Cc1cc(C(=O)N2CCC(C)[C@H](c3cc(C(F)F)nc4ncnn34)C2)cc(Cl)n1. The smallest absolute Gasteiger partial charge is 0.280 e. The fourth-order valence-electron chi connectivity index (χ4n) is 3.80. The minimum Gasteiger partial charge on any atom is -0.338 e. The van der Waals surface area contributed by atoms with Gasteiger partial charge in [0.1, 0.15) is 17.2 Å². The number of rotatable bonds is 3. The molecule has 152 valence electrons. The van der Waals surface area contributed by atoms with Gasteiger partial charge < -0.3 is 4.90 Å². The quantitative estimate of drug-likeness (QED) is 0.604. The Kier molecular flexibility index (Phi) is 5.16. The molecule has 1 unspecified atom stereocenters. The van der Waals surface area contributed by atoms with E-state index >= 15 is 0 Å². The number of nitrogens with zero attached hydrogens (tertiary/aromatic N) is 6. The lowest BCUT2D eigenvalue weighted by molar-refractivity contribution is 0.0665. The first kappa shape index (κ1) is 19.6. The van der Waals surface area contributed by atoms with Crippen LogP contribution in [-0.2, 0) is 0 Å². The molecule has 0 bridgehead atoms. The minimum atomic E-state index is -2.71. The predicted octanol–water partition coefficient (Wildman–Crippen LogP) is 3.68. The van der Waals surface area contributed by atoms with Crippen molar-refractivity contribution in [1.29, 1.82) is 0 Å². The fourth-order valence-corrected chi connectivity index (χ4v) is 4.05. The van der Waals surface area contributed by atoms with Gasteiger partial charge in [0.25, 0.3) is 18.1 Å². The predicted molar refractivity (Wildman–Crippen MR) is 102 cm³/mol. The number of carbonyl (C=O) groups is 1. The molecule has 0 saturated carbocycles. The van der Waals surface area contributed by atoms with Gasteiger partial charge in [0, 0.05) is 30.3 Å². The largest absolute Gasteiger partial charge is 0.338 e. The molecule has 10 heteroatoms. The Bertz CT molecular complexity index is 1050. The second kappa shape index (κ2) is 7.62. The summed E-state index contributed by atoms with van der Waals surface area (Å²) in [5.41, 5.74) is 1.36. The second-order valence-electron chi connectivity index (χ2n) is 7.32. The van der Waals surface area contributed by atoms with Crippen LogP contribution in [0.4, 0.5) is 8.78 Å². The molecular formula is C19H19ClF2N6O. The van der Waals surface area contributed by atoms with Crippen molar-refractivity contribution >= 4 is 23.3 Å². The van der Waals surface area contributed by atoms with Crippen LogP contribution in [-0.4, -0.2) is 48.5 Å². The molecule has 1 aliphatic heterocycles. The second-order valence-corrected chi connectivity index (χ2v) is 7.71. The summed E-state index contributed by atoms with van der Waals surface area (Å²) in [7, 11) is 0. The lowest BCUT2D eigenvalue weighted by Crippen LogP contribution is -2.42. The highest BCUT2D eigenvalue weighted by molar-refractivity contribution is 6.29. The van der Waals surface area contributed by atoms with Gasteiger partial charge in [0.2, 0.25) is 0 Å². The van der Waals surface area contributed by atoms with Crippen LogP contribution >= 0.6 is 11.6 Å². The van der Waals surface area contributed by atoms with Crippen LogP contribution < -0.4 is 0 Å². The van der Waals surface area contributed by atoms with E-state index in [0.717, 1.165) is 6.42 Å². The molecule has 4 rings (SSSR count). The number of aryl methyl sites for hydroxylation is 1. The van der Waals surface area contributed by atoms with Gasteiger partial charge in [0.05, 0.1) is 5.69 Å². The van der Waals surface area contributed by atoms with Gasteiger partial charge in [-0.25, -0.2) is 23.3 Å². The number of carbonyl (C=O) groups excluding carboxylic acids is 1. The van der Waals surface area contributed by atoms with Crippen molar-refractivity contribution < 1.29 is 13.6 Å². The third-order valence-corrected chi connectivity index (χ3v) is 5.51. The van der Waals surface area contributed by atoms with Crippen molar-refractivity contribution in [3.05, 3.63) is 52.3 Å². The van der Waals surface area contributed by atoms with Crippen LogP contribution in [0.2, 0.25) is 5.15 Å². The summed E-state index contributed by atoms with van der Waals surface area (Å²) in [5, 5.41) is 4.41. The van der Waals surface area contributed by atoms with Crippen LogP contribution in [0.3, 0.4) is 0 Å². The van der Waals surface area contributed by atoms with Crippen molar-refractivity contribution in [3.63, 3.8) is 0 Å². The van der Waals surface area contributed by atoms with Gasteiger partial charge in [-0.15, -0.1) is 0 Å². The Morgan fingerprint density at radius 1 is 1.28 bits per heavy atom. The number of piperidine rings is 1. The van der Waals surface area contributed by atoms with Gasteiger partial charge in [0.15, 0.2) is 0 Å².